The molecule has 1 aromatic carbocycles. The highest BCUT2D eigenvalue weighted by Gasteiger charge is 2.17. The van der Waals surface area contributed by atoms with Gasteiger partial charge in [-0.2, -0.15) is 0 Å². The second-order valence-corrected chi connectivity index (χ2v) is 7.34. The third-order valence-corrected chi connectivity index (χ3v) is 4.10. The first kappa shape index (κ1) is 16.5. The Morgan fingerprint density at radius 1 is 1.23 bits per heavy atom. The van der Waals surface area contributed by atoms with Gasteiger partial charge in [0, 0.05) is 17.3 Å². The van der Waals surface area contributed by atoms with Crippen LogP contribution in [0.2, 0.25) is 0 Å². The summed E-state index contributed by atoms with van der Waals surface area (Å²) in [5.41, 5.74) is 3.40. The van der Waals surface area contributed by atoms with E-state index < -0.39 is 0 Å². The first-order valence-corrected chi connectivity index (χ1v) is 8.25. The molecule has 0 spiro atoms. The summed E-state index contributed by atoms with van der Waals surface area (Å²) >= 11 is 1.58. The molecule has 118 valence electrons. The Morgan fingerprint density at radius 2 is 1.95 bits per heavy atom. The van der Waals surface area contributed by atoms with E-state index in [0.717, 1.165) is 16.3 Å². The molecular weight excluding hydrogens is 294 g/mol. The summed E-state index contributed by atoms with van der Waals surface area (Å²) < 4.78 is 0. The fourth-order valence-electron chi connectivity index (χ4n) is 1.96. The molecule has 0 aliphatic carbocycles. The van der Waals surface area contributed by atoms with Crippen LogP contribution in [0.1, 0.15) is 42.6 Å². The number of rotatable bonds is 4. The lowest BCUT2D eigenvalue weighted by Gasteiger charge is -2.14. The number of hydrogen-bond donors (Lipinski definition) is 2. The lowest BCUT2D eigenvalue weighted by atomic mass is 9.93. The molecule has 5 heteroatoms. The zero-order chi connectivity index (χ0) is 16.2. The molecule has 1 aromatic heterocycles. The Morgan fingerprint density at radius 3 is 2.59 bits per heavy atom. The van der Waals surface area contributed by atoms with Gasteiger partial charge in [0.05, 0.1) is 12.2 Å². The average molecular weight is 317 g/mol. The fraction of sp³-hybridized carbons (Fsp3) is 0.412. The number of nitrogens with one attached hydrogen (secondary N) is 2. The largest absolute Gasteiger partial charge is 0.334 e. The number of amides is 2. The van der Waals surface area contributed by atoms with Gasteiger partial charge in [-0.15, -0.1) is 11.3 Å². The molecule has 4 nitrogen and oxygen atoms in total. The number of hydrogen-bond acceptors (Lipinski definition) is 3. The van der Waals surface area contributed by atoms with Crippen molar-refractivity contribution < 1.29 is 4.79 Å². The van der Waals surface area contributed by atoms with E-state index >= 15 is 0 Å². The zero-order valence-corrected chi connectivity index (χ0v) is 14.4. The van der Waals surface area contributed by atoms with Gasteiger partial charge in [0.25, 0.3) is 0 Å². The van der Waals surface area contributed by atoms with Crippen molar-refractivity contribution in [2.75, 3.05) is 0 Å². The summed E-state index contributed by atoms with van der Waals surface area (Å²) in [4.78, 5) is 16.4. The van der Waals surface area contributed by atoms with Gasteiger partial charge in [0.1, 0.15) is 5.01 Å². The fourth-order valence-corrected chi connectivity index (χ4v) is 2.92. The molecule has 0 saturated carbocycles. The minimum atomic E-state index is -0.172. The number of urea groups is 1. The number of carbonyl (C=O) groups excluding carboxylic acids is 1. The van der Waals surface area contributed by atoms with Crippen LogP contribution in [0.4, 0.5) is 4.79 Å². The second kappa shape index (κ2) is 6.92. The van der Waals surface area contributed by atoms with E-state index in [1.165, 1.54) is 5.56 Å². The standard InChI is InChI=1S/C17H23N3OS/c1-12-6-5-7-13(8-12)9-18-16(21)19-10-15-20-14(11-22-15)17(2,3)4/h5-8,11H,9-10H2,1-4H3,(H2,18,19,21). The van der Waals surface area contributed by atoms with Gasteiger partial charge in [0.15, 0.2) is 0 Å². The molecule has 2 rings (SSSR count). The predicted octanol–water partition coefficient (Wildman–Crippen LogP) is 3.75. The molecule has 2 aromatic rings. The van der Waals surface area contributed by atoms with Crippen molar-refractivity contribution in [3.63, 3.8) is 0 Å². The molecule has 0 aliphatic rings. The average Bonchev–Trinajstić information content (AvgIpc) is 2.92. The van der Waals surface area contributed by atoms with Gasteiger partial charge >= 0.3 is 6.03 Å². The van der Waals surface area contributed by atoms with Crippen LogP contribution in [0, 0.1) is 6.92 Å². The van der Waals surface area contributed by atoms with Crippen molar-refractivity contribution in [2.45, 2.75) is 46.2 Å². The van der Waals surface area contributed by atoms with Crippen molar-refractivity contribution in [3.8, 4) is 0 Å². The Hall–Kier alpha value is -1.88. The van der Waals surface area contributed by atoms with Crippen molar-refractivity contribution in [3.05, 3.63) is 51.5 Å². The summed E-state index contributed by atoms with van der Waals surface area (Å²) in [5.74, 6) is 0. The SMILES string of the molecule is Cc1cccc(CNC(=O)NCc2nc(C(C)(C)C)cs2)c1. The maximum atomic E-state index is 11.8. The van der Waals surface area contributed by atoms with Crippen LogP contribution in [0.3, 0.4) is 0 Å². The summed E-state index contributed by atoms with van der Waals surface area (Å²) in [5, 5.41) is 8.69. The van der Waals surface area contributed by atoms with Crippen LogP contribution in [-0.2, 0) is 18.5 Å². The molecule has 0 bridgehead atoms. The summed E-state index contributed by atoms with van der Waals surface area (Å²) in [6, 6.07) is 7.93. The predicted molar refractivity (Wildman–Crippen MR) is 91.1 cm³/mol. The Balaban J connectivity index is 1.79. The van der Waals surface area contributed by atoms with Crippen molar-refractivity contribution in [1.82, 2.24) is 15.6 Å². The topological polar surface area (TPSA) is 54.0 Å². The van der Waals surface area contributed by atoms with Crippen LogP contribution >= 0.6 is 11.3 Å². The number of thiazole rings is 1. The van der Waals surface area contributed by atoms with Crippen LogP contribution in [0.15, 0.2) is 29.6 Å². The molecule has 1 heterocycles. The molecule has 2 N–H and O–H groups in total. The van der Waals surface area contributed by atoms with Crippen LogP contribution < -0.4 is 10.6 Å². The highest BCUT2D eigenvalue weighted by Crippen LogP contribution is 2.23. The van der Waals surface area contributed by atoms with Crippen LogP contribution in [-0.4, -0.2) is 11.0 Å². The van der Waals surface area contributed by atoms with Crippen LogP contribution in [0.5, 0.6) is 0 Å². The van der Waals surface area contributed by atoms with Gasteiger partial charge < -0.3 is 10.6 Å². The molecule has 0 saturated heterocycles. The number of aryl methyl sites for hydroxylation is 1. The van der Waals surface area contributed by atoms with E-state index in [4.69, 9.17) is 0 Å². The van der Waals surface area contributed by atoms with Crippen molar-refractivity contribution in [2.24, 2.45) is 0 Å². The van der Waals surface area contributed by atoms with E-state index in [9.17, 15) is 4.79 Å². The minimum Gasteiger partial charge on any atom is -0.334 e. The second-order valence-electron chi connectivity index (χ2n) is 6.40. The number of aromatic nitrogens is 1. The van der Waals surface area contributed by atoms with E-state index in [1.54, 1.807) is 11.3 Å². The third-order valence-electron chi connectivity index (χ3n) is 3.26. The Kier molecular flexibility index (Phi) is 5.19. The maximum absolute atomic E-state index is 11.8. The lowest BCUT2D eigenvalue weighted by molar-refractivity contribution is 0.240. The van der Waals surface area contributed by atoms with Gasteiger partial charge in [-0.1, -0.05) is 50.6 Å². The first-order chi connectivity index (χ1) is 10.3. The summed E-state index contributed by atoms with van der Waals surface area (Å²) in [7, 11) is 0. The van der Waals surface area contributed by atoms with E-state index in [0.29, 0.717) is 13.1 Å². The molecule has 0 radical (unpaired) electrons. The number of nitrogens with zero attached hydrogens (tertiary/aromatic N) is 1. The van der Waals surface area contributed by atoms with Crippen molar-refractivity contribution >= 4 is 17.4 Å². The lowest BCUT2D eigenvalue weighted by Crippen LogP contribution is -2.34. The normalized spacial score (nSPS) is 11.3. The Bertz CT molecular complexity index is 643. The molecular formula is C17H23N3OS. The first-order valence-electron chi connectivity index (χ1n) is 7.37. The monoisotopic (exact) mass is 317 g/mol. The molecule has 0 unspecified atom stereocenters. The smallest absolute Gasteiger partial charge is 0.315 e. The van der Waals surface area contributed by atoms with E-state index in [2.05, 4.69) is 47.8 Å². The van der Waals surface area contributed by atoms with Gasteiger partial charge in [-0.25, -0.2) is 9.78 Å². The van der Waals surface area contributed by atoms with Crippen molar-refractivity contribution in [1.29, 1.82) is 0 Å². The summed E-state index contributed by atoms with van der Waals surface area (Å²) in [6.45, 7) is 9.42. The van der Waals surface area contributed by atoms with Gasteiger partial charge in [0.2, 0.25) is 0 Å². The molecule has 0 aliphatic heterocycles. The number of benzene rings is 1. The van der Waals surface area contributed by atoms with Gasteiger partial charge in [-0.3, -0.25) is 0 Å². The Labute approximate surface area is 136 Å². The van der Waals surface area contributed by atoms with Gasteiger partial charge in [-0.05, 0) is 12.5 Å². The van der Waals surface area contributed by atoms with E-state index in [-0.39, 0.29) is 11.4 Å². The third kappa shape index (κ3) is 4.84. The quantitative estimate of drug-likeness (QED) is 0.902. The molecule has 2 amide bonds. The number of carbonyl (C=O) groups is 1. The summed E-state index contributed by atoms with van der Waals surface area (Å²) in [6.07, 6.45) is 0. The van der Waals surface area contributed by atoms with Crippen LogP contribution in [0.25, 0.3) is 0 Å². The zero-order valence-electron chi connectivity index (χ0n) is 13.6. The minimum absolute atomic E-state index is 0.0438. The molecule has 0 atom stereocenters. The van der Waals surface area contributed by atoms with E-state index in [1.807, 2.05) is 25.1 Å². The maximum Gasteiger partial charge on any atom is 0.315 e. The molecule has 22 heavy (non-hydrogen) atoms. The highest BCUT2D eigenvalue weighted by molar-refractivity contribution is 7.09. The highest BCUT2D eigenvalue weighted by atomic mass is 32.1. The molecule has 0 fully saturated rings.